The third-order valence-corrected chi connectivity index (χ3v) is 8.89. The number of likely N-dealkylation sites (tertiary alicyclic amines) is 1. The van der Waals surface area contributed by atoms with Crippen LogP contribution in [0.3, 0.4) is 0 Å². The van der Waals surface area contributed by atoms with Crippen LogP contribution in [-0.2, 0) is 0 Å². The smallest absolute Gasteiger partial charge is 0.141 e. The van der Waals surface area contributed by atoms with E-state index < -0.39 is 5.82 Å². The second-order valence-electron chi connectivity index (χ2n) is 10.8. The Hall–Kier alpha value is -3.78. The zero-order valence-corrected chi connectivity index (χ0v) is 26.1. The number of benzene rings is 3. The molecule has 0 bridgehead atoms. The molecule has 226 valence electrons. The Balaban J connectivity index is 1.36. The van der Waals surface area contributed by atoms with Gasteiger partial charge < -0.3 is 21.0 Å². The van der Waals surface area contributed by atoms with Crippen LogP contribution in [0.15, 0.2) is 72.7 Å². The van der Waals surface area contributed by atoms with E-state index in [2.05, 4.69) is 55.7 Å². The lowest BCUT2D eigenvalue weighted by atomic mass is 10.0. The number of anilines is 3. The fraction of sp³-hybridized carbons (Fsp3) is 0.250. The highest BCUT2D eigenvalue weighted by molar-refractivity contribution is 6.36. The van der Waals surface area contributed by atoms with E-state index >= 15 is 0 Å². The molecule has 3 aromatic carbocycles. The number of nitrogens with zero attached hydrogens (tertiary/aromatic N) is 4. The van der Waals surface area contributed by atoms with Gasteiger partial charge in [-0.2, -0.15) is 5.26 Å². The van der Waals surface area contributed by atoms with Crippen molar-refractivity contribution in [3.05, 3.63) is 105 Å². The Morgan fingerprint density at radius 3 is 2.50 bits per heavy atom. The highest BCUT2D eigenvalue weighted by Crippen LogP contribution is 2.37. The summed E-state index contributed by atoms with van der Waals surface area (Å²) in [5.74, 6) is -0.533. The topological polar surface area (TPSA) is 91.3 Å². The molecule has 1 aromatic heterocycles. The van der Waals surface area contributed by atoms with Crippen molar-refractivity contribution >= 4 is 62.8 Å². The molecule has 0 aliphatic carbocycles. The van der Waals surface area contributed by atoms with Crippen molar-refractivity contribution in [2.45, 2.75) is 31.8 Å². The van der Waals surface area contributed by atoms with E-state index in [4.69, 9.17) is 34.8 Å². The van der Waals surface area contributed by atoms with Gasteiger partial charge in [0.15, 0.2) is 0 Å². The van der Waals surface area contributed by atoms with Crippen molar-refractivity contribution in [3.63, 3.8) is 0 Å². The van der Waals surface area contributed by atoms with Crippen LogP contribution in [0.25, 0.3) is 10.9 Å². The maximum Gasteiger partial charge on any atom is 0.141 e. The molecule has 2 aliphatic rings. The number of fused-ring (bicyclic) bond motifs is 1. The number of aromatic nitrogens is 1. The van der Waals surface area contributed by atoms with Crippen LogP contribution in [0.1, 0.15) is 36.9 Å². The number of nitrogens with one attached hydrogen (secondary N) is 4. The fourth-order valence-corrected chi connectivity index (χ4v) is 6.22. The van der Waals surface area contributed by atoms with Gasteiger partial charge in [-0.1, -0.05) is 53.9 Å². The summed E-state index contributed by atoms with van der Waals surface area (Å²) in [5, 5.41) is 20.5. The van der Waals surface area contributed by atoms with Crippen molar-refractivity contribution < 1.29 is 4.39 Å². The molecule has 0 amide bonds. The molecule has 2 aliphatic heterocycles. The van der Waals surface area contributed by atoms with Gasteiger partial charge >= 0.3 is 0 Å². The van der Waals surface area contributed by atoms with E-state index in [0.29, 0.717) is 49.6 Å². The summed E-state index contributed by atoms with van der Waals surface area (Å²) in [7, 11) is 0. The highest BCUT2D eigenvalue weighted by atomic mass is 35.5. The Labute approximate surface area is 270 Å². The number of hydrogen-bond donors (Lipinski definition) is 4. The molecule has 1 atom stereocenters. The van der Waals surface area contributed by atoms with Crippen molar-refractivity contribution in [1.82, 2.24) is 25.9 Å². The van der Waals surface area contributed by atoms with E-state index in [1.165, 1.54) is 18.3 Å². The quantitative estimate of drug-likeness (QED) is 0.154. The summed E-state index contributed by atoms with van der Waals surface area (Å²) in [4.78, 5) is 6.92. The zero-order chi connectivity index (χ0) is 30.8. The SMILES string of the molecule is CCN1CCC(N2C=C(C(Nc3cc(Cl)c4ncc(C#N)c(Nc5ccc(F)c(Cl)c5)c4c3)c3ccc(Cl)cc3)NN2)CC1. The lowest BCUT2D eigenvalue weighted by Crippen LogP contribution is -2.48. The van der Waals surface area contributed by atoms with Crippen molar-refractivity contribution in [2.75, 3.05) is 30.3 Å². The number of nitriles is 1. The largest absolute Gasteiger partial charge is 0.373 e. The van der Waals surface area contributed by atoms with E-state index in [1.54, 1.807) is 6.07 Å². The van der Waals surface area contributed by atoms with Crippen LogP contribution in [0.2, 0.25) is 15.1 Å². The van der Waals surface area contributed by atoms with Crippen molar-refractivity contribution in [2.24, 2.45) is 0 Å². The molecule has 6 rings (SSSR count). The minimum absolute atomic E-state index is 0.0334. The Kier molecular flexibility index (Phi) is 8.98. The van der Waals surface area contributed by atoms with E-state index in [9.17, 15) is 9.65 Å². The molecular weight excluding hydrogens is 622 g/mol. The predicted molar refractivity (Wildman–Crippen MR) is 175 cm³/mol. The maximum atomic E-state index is 13.8. The molecule has 1 unspecified atom stereocenters. The third-order valence-electron chi connectivity index (χ3n) is 8.06. The van der Waals surface area contributed by atoms with E-state index in [-0.39, 0.29) is 11.1 Å². The highest BCUT2D eigenvalue weighted by Gasteiger charge is 2.29. The molecular formula is C32H30Cl3FN8. The molecule has 4 aromatic rings. The predicted octanol–water partition coefficient (Wildman–Crippen LogP) is 7.75. The molecule has 0 spiro atoms. The zero-order valence-electron chi connectivity index (χ0n) is 23.8. The summed E-state index contributed by atoms with van der Waals surface area (Å²) in [5.41, 5.74) is 11.1. The second kappa shape index (κ2) is 13.1. The first-order valence-corrected chi connectivity index (χ1v) is 15.5. The van der Waals surface area contributed by atoms with Crippen LogP contribution < -0.4 is 21.6 Å². The lowest BCUT2D eigenvalue weighted by Gasteiger charge is -2.35. The van der Waals surface area contributed by atoms with Gasteiger partial charge in [-0.3, -0.25) is 9.99 Å². The molecule has 3 heterocycles. The van der Waals surface area contributed by atoms with Crippen LogP contribution in [0.5, 0.6) is 0 Å². The Bertz CT molecular complexity index is 1750. The molecule has 8 nitrogen and oxygen atoms in total. The van der Waals surface area contributed by atoms with Crippen LogP contribution in [0.4, 0.5) is 21.5 Å². The minimum atomic E-state index is -0.533. The molecule has 0 radical (unpaired) electrons. The van der Waals surface area contributed by atoms with E-state index in [1.807, 2.05) is 36.4 Å². The first-order valence-electron chi connectivity index (χ1n) is 14.3. The molecule has 1 saturated heterocycles. The van der Waals surface area contributed by atoms with Gasteiger partial charge in [0, 0.05) is 53.3 Å². The average molecular weight is 652 g/mol. The summed E-state index contributed by atoms with van der Waals surface area (Å²) in [6.07, 6.45) is 5.70. The molecule has 44 heavy (non-hydrogen) atoms. The summed E-state index contributed by atoms with van der Waals surface area (Å²) >= 11 is 19.0. The first kappa shape index (κ1) is 30.3. The van der Waals surface area contributed by atoms with Gasteiger partial charge in [0.05, 0.1) is 38.6 Å². The van der Waals surface area contributed by atoms with Crippen molar-refractivity contribution in [1.29, 1.82) is 5.26 Å². The standard InChI is InChI=1S/C32H30Cl3FN8/c1-2-43-11-9-24(10-12-43)44-18-29(41-42-44)31(19-3-5-21(33)6-4-19)40-23-13-25-30(39-22-7-8-28(36)26(34)14-22)20(16-37)17-38-32(25)27(35)15-23/h3-8,13-15,17-18,24,31,40-42H,2,9-12H2,1H3,(H,38,39). The number of pyridine rings is 1. The first-order chi connectivity index (χ1) is 21.3. The lowest BCUT2D eigenvalue weighted by molar-refractivity contribution is 0.112. The summed E-state index contributed by atoms with van der Waals surface area (Å²) < 4.78 is 13.8. The normalized spacial score (nSPS) is 16.4. The number of hydrogen-bond acceptors (Lipinski definition) is 8. The third kappa shape index (κ3) is 6.36. The molecule has 0 saturated carbocycles. The monoisotopic (exact) mass is 650 g/mol. The van der Waals surface area contributed by atoms with Gasteiger partial charge in [-0.15, -0.1) is 5.53 Å². The maximum absolute atomic E-state index is 13.8. The number of piperidine rings is 1. The number of rotatable bonds is 8. The van der Waals surface area contributed by atoms with Gasteiger partial charge in [-0.25, -0.2) is 4.39 Å². The van der Waals surface area contributed by atoms with E-state index in [0.717, 1.165) is 43.7 Å². The van der Waals surface area contributed by atoms with Gasteiger partial charge in [0.2, 0.25) is 0 Å². The Morgan fingerprint density at radius 1 is 1.05 bits per heavy atom. The second-order valence-corrected chi connectivity index (χ2v) is 12.0. The average Bonchev–Trinajstić information content (AvgIpc) is 3.52. The van der Waals surface area contributed by atoms with Crippen LogP contribution in [0, 0.1) is 17.1 Å². The fourth-order valence-electron chi connectivity index (χ4n) is 5.64. The number of hydrazine groups is 2. The van der Waals surface area contributed by atoms with Crippen LogP contribution >= 0.6 is 34.8 Å². The van der Waals surface area contributed by atoms with Gasteiger partial charge in [0.25, 0.3) is 0 Å². The minimum Gasteiger partial charge on any atom is -0.373 e. The molecule has 1 fully saturated rings. The summed E-state index contributed by atoms with van der Waals surface area (Å²) in [6.45, 7) is 5.40. The molecule has 12 heteroatoms. The Morgan fingerprint density at radius 2 is 1.80 bits per heavy atom. The van der Waals surface area contributed by atoms with Crippen LogP contribution in [-0.4, -0.2) is 40.6 Å². The molecule has 4 N–H and O–H groups in total. The van der Waals surface area contributed by atoms with Crippen molar-refractivity contribution in [3.8, 4) is 6.07 Å². The van der Waals surface area contributed by atoms with Gasteiger partial charge in [-0.05, 0) is 67.4 Å². The van der Waals surface area contributed by atoms with Gasteiger partial charge in [0.1, 0.15) is 11.9 Å². The summed E-state index contributed by atoms with van der Waals surface area (Å²) in [6, 6.07) is 17.9. The number of halogens is 4.